The van der Waals surface area contributed by atoms with Crippen molar-refractivity contribution in [2.24, 2.45) is 0 Å². The number of rotatable bonds is 3. The summed E-state index contributed by atoms with van der Waals surface area (Å²) in [6.45, 7) is 0. The number of hydrogen-bond donors (Lipinski definition) is 2. The molecule has 0 aliphatic rings. The van der Waals surface area contributed by atoms with Gasteiger partial charge in [-0.05, 0) is 71.1 Å². The highest BCUT2D eigenvalue weighted by Gasteiger charge is 2.15. The molecule has 0 unspecified atom stereocenters. The van der Waals surface area contributed by atoms with Crippen LogP contribution in [0.3, 0.4) is 0 Å². The second-order valence-corrected chi connectivity index (χ2v) is 6.85. The van der Waals surface area contributed by atoms with E-state index < -0.39 is 0 Å². The molecule has 5 heteroatoms. The van der Waals surface area contributed by atoms with Gasteiger partial charge in [-0.2, -0.15) is 0 Å². The highest BCUT2D eigenvalue weighted by molar-refractivity contribution is 14.1. The van der Waals surface area contributed by atoms with Crippen LogP contribution < -0.4 is 0 Å². The maximum Gasteiger partial charge on any atom is 0.138 e. The van der Waals surface area contributed by atoms with Gasteiger partial charge in [-0.15, -0.1) is 0 Å². The lowest BCUT2D eigenvalue weighted by atomic mass is 10.1. The summed E-state index contributed by atoms with van der Waals surface area (Å²) in [6, 6.07) is 19.2. The van der Waals surface area contributed by atoms with Crippen molar-refractivity contribution >= 4 is 22.6 Å². The standard InChI is InChI=1S/C20H14IN3O/c21-16-3-1-2-15(12-16)19-18(13-8-10-22-11-9-13)23-20(24-19)14-4-6-17(25)7-5-14/h1-12,25H,(H,23,24). The van der Waals surface area contributed by atoms with Crippen molar-refractivity contribution in [2.45, 2.75) is 0 Å². The second kappa shape index (κ2) is 6.68. The molecule has 0 bridgehead atoms. The van der Waals surface area contributed by atoms with Crippen molar-refractivity contribution < 1.29 is 5.11 Å². The van der Waals surface area contributed by atoms with Gasteiger partial charge < -0.3 is 10.1 Å². The smallest absolute Gasteiger partial charge is 0.138 e. The summed E-state index contributed by atoms with van der Waals surface area (Å²) < 4.78 is 1.16. The Labute approximate surface area is 158 Å². The Morgan fingerprint density at radius 1 is 0.840 bits per heavy atom. The summed E-state index contributed by atoms with van der Waals surface area (Å²) in [4.78, 5) is 12.4. The van der Waals surface area contributed by atoms with E-state index in [0.717, 1.165) is 37.5 Å². The number of H-pyrrole nitrogens is 1. The zero-order chi connectivity index (χ0) is 17.2. The van der Waals surface area contributed by atoms with Gasteiger partial charge in [0.05, 0.1) is 11.4 Å². The number of aromatic nitrogens is 3. The average Bonchev–Trinajstić information content (AvgIpc) is 3.08. The molecule has 0 aliphatic heterocycles. The minimum absolute atomic E-state index is 0.238. The Morgan fingerprint density at radius 3 is 2.32 bits per heavy atom. The fourth-order valence-electron chi connectivity index (χ4n) is 2.70. The number of halogens is 1. The normalized spacial score (nSPS) is 10.8. The van der Waals surface area contributed by atoms with Gasteiger partial charge >= 0.3 is 0 Å². The van der Waals surface area contributed by atoms with Gasteiger partial charge in [0.1, 0.15) is 11.6 Å². The number of aromatic hydroxyl groups is 1. The third-order valence-electron chi connectivity index (χ3n) is 3.91. The Morgan fingerprint density at radius 2 is 1.60 bits per heavy atom. The molecule has 2 N–H and O–H groups in total. The first-order chi connectivity index (χ1) is 12.2. The van der Waals surface area contributed by atoms with Crippen molar-refractivity contribution in [3.05, 3.63) is 76.6 Å². The van der Waals surface area contributed by atoms with E-state index in [4.69, 9.17) is 4.98 Å². The van der Waals surface area contributed by atoms with Crippen LogP contribution >= 0.6 is 22.6 Å². The Kier molecular flexibility index (Phi) is 4.23. The van der Waals surface area contributed by atoms with E-state index in [0.29, 0.717) is 0 Å². The highest BCUT2D eigenvalue weighted by Crippen LogP contribution is 2.33. The molecule has 4 nitrogen and oxygen atoms in total. The molecule has 0 atom stereocenters. The van der Waals surface area contributed by atoms with Gasteiger partial charge in [-0.1, -0.05) is 12.1 Å². The molecule has 0 saturated carbocycles. The van der Waals surface area contributed by atoms with Crippen molar-refractivity contribution in [1.29, 1.82) is 0 Å². The number of imidazole rings is 1. The lowest BCUT2D eigenvalue weighted by molar-refractivity contribution is 0.475. The van der Waals surface area contributed by atoms with Crippen molar-refractivity contribution in [1.82, 2.24) is 15.0 Å². The number of pyridine rings is 1. The molecule has 0 amide bonds. The first-order valence-electron chi connectivity index (χ1n) is 7.76. The molecule has 2 aromatic carbocycles. The summed E-state index contributed by atoms with van der Waals surface area (Å²) in [7, 11) is 0. The lowest BCUT2D eigenvalue weighted by Crippen LogP contribution is -1.85. The van der Waals surface area contributed by atoms with E-state index in [2.05, 4.69) is 50.8 Å². The third-order valence-corrected chi connectivity index (χ3v) is 4.58. The second-order valence-electron chi connectivity index (χ2n) is 5.60. The molecule has 4 aromatic rings. The molecule has 0 fully saturated rings. The van der Waals surface area contributed by atoms with Gasteiger partial charge in [0.2, 0.25) is 0 Å². The summed E-state index contributed by atoms with van der Waals surface area (Å²) in [5, 5.41) is 9.51. The van der Waals surface area contributed by atoms with Crippen LogP contribution in [0.4, 0.5) is 0 Å². The van der Waals surface area contributed by atoms with Crippen molar-refractivity contribution in [3.63, 3.8) is 0 Å². The maximum absolute atomic E-state index is 9.51. The summed E-state index contributed by atoms with van der Waals surface area (Å²) in [5.41, 5.74) is 4.85. The van der Waals surface area contributed by atoms with Crippen LogP contribution in [-0.4, -0.2) is 20.1 Å². The fourth-order valence-corrected chi connectivity index (χ4v) is 3.24. The van der Waals surface area contributed by atoms with Crippen LogP contribution in [0.25, 0.3) is 33.9 Å². The van der Waals surface area contributed by atoms with Crippen LogP contribution in [0.15, 0.2) is 73.1 Å². The molecule has 0 aliphatic carbocycles. The monoisotopic (exact) mass is 439 g/mol. The molecule has 4 rings (SSSR count). The van der Waals surface area contributed by atoms with Crippen molar-refractivity contribution in [2.75, 3.05) is 0 Å². The predicted molar refractivity (Wildman–Crippen MR) is 107 cm³/mol. The van der Waals surface area contributed by atoms with E-state index in [-0.39, 0.29) is 5.75 Å². The number of phenols is 1. The van der Waals surface area contributed by atoms with Crippen LogP contribution in [0.1, 0.15) is 0 Å². The van der Waals surface area contributed by atoms with E-state index in [1.54, 1.807) is 24.5 Å². The van der Waals surface area contributed by atoms with Gasteiger partial charge in [0, 0.05) is 32.7 Å². The Balaban J connectivity index is 1.90. The quantitative estimate of drug-likeness (QED) is 0.436. The molecule has 25 heavy (non-hydrogen) atoms. The number of aromatic amines is 1. The summed E-state index contributed by atoms with van der Waals surface area (Å²) >= 11 is 2.30. The first-order valence-corrected chi connectivity index (χ1v) is 8.84. The first kappa shape index (κ1) is 15.8. The molecular weight excluding hydrogens is 425 g/mol. The number of phenolic OH excluding ortho intramolecular Hbond substituents is 1. The highest BCUT2D eigenvalue weighted by atomic mass is 127. The van der Waals surface area contributed by atoms with E-state index in [1.807, 2.05) is 30.3 Å². The lowest BCUT2D eigenvalue weighted by Gasteiger charge is -2.03. The zero-order valence-corrected chi connectivity index (χ0v) is 15.3. The van der Waals surface area contributed by atoms with E-state index in [1.165, 1.54) is 0 Å². The Bertz CT molecular complexity index is 1010. The van der Waals surface area contributed by atoms with Gasteiger partial charge in [-0.3, -0.25) is 4.98 Å². The molecular formula is C20H14IN3O. The zero-order valence-electron chi connectivity index (χ0n) is 13.1. The number of nitrogens with zero attached hydrogens (tertiary/aromatic N) is 2. The van der Waals surface area contributed by atoms with Gasteiger partial charge in [-0.25, -0.2) is 4.98 Å². The van der Waals surface area contributed by atoms with Gasteiger partial charge in [0.25, 0.3) is 0 Å². The molecule has 0 spiro atoms. The fraction of sp³-hybridized carbons (Fsp3) is 0. The van der Waals surface area contributed by atoms with Gasteiger partial charge in [0.15, 0.2) is 0 Å². The van der Waals surface area contributed by atoms with E-state index >= 15 is 0 Å². The SMILES string of the molecule is Oc1ccc(-c2nc(-c3cccc(I)c3)c(-c3ccncc3)[nH]2)cc1. The number of benzene rings is 2. The molecule has 2 heterocycles. The Hall–Kier alpha value is -2.67. The minimum atomic E-state index is 0.238. The molecule has 0 radical (unpaired) electrons. The van der Waals surface area contributed by atoms with Crippen molar-refractivity contribution in [3.8, 4) is 39.7 Å². The molecule has 122 valence electrons. The minimum Gasteiger partial charge on any atom is -0.508 e. The van der Waals surface area contributed by atoms with Crippen LogP contribution in [0.2, 0.25) is 0 Å². The average molecular weight is 439 g/mol. The predicted octanol–water partition coefficient (Wildman–Crippen LogP) is 5.12. The molecule has 0 saturated heterocycles. The van der Waals surface area contributed by atoms with E-state index in [9.17, 15) is 5.11 Å². The number of hydrogen-bond acceptors (Lipinski definition) is 3. The number of nitrogens with one attached hydrogen (secondary N) is 1. The maximum atomic E-state index is 9.51. The third kappa shape index (κ3) is 3.28. The summed E-state index contributed by atoms with van der Waals surface area (Å²) in [5.74, 6) is 1.00. The van der Waals surface area contributed by atoms with Crippen LogP contribution in [0, 0.1) is 3.57 Å². The van der Waals surface area contributed by atoms with Crippen LogP contribution in [0.5, 0.6) is 5.75 Å². The topological polar surface area (TPSA) is 61.8 Å². The molecule has 2 aromatic heterocycles. The largest absolute Gasteiger partial charge is 0.508 e. The summed E-state index contributed by atoms with van der Waals surface area (Å²) in [6.07, 6.45) is 3.55. The van der Waals surface area contributed by atoms with Crippen LogP contribution in [-0.2, 0) is 0 Å².